The van der Waals surface area contributed by atoms with E-state index in [0.29, 0.717) is 50.9 Å². The van der Waals surface area contributed by atoms with Gasteiger partial charge in [-0.3, -0.25) is 9.69 Å². The van der Waals surface area contributed by atoms with E-state index in [9.17, 15) is 4.79 Å². The first-order chi connectivity index (χ1) is 14.5. The Labute approximate surface area is 188 Å². The fourth-order valence-corrected chi connectivity index (χ4v) is 5.07. The van der Waals surface area contributed by atoms with Crippen molar-refractivity contribution in [3.05, 3.63) is 45.9 Å². The van der Waals surface area contributed by atoms with E-state index in [1.807, 2.05) is 6.07 Å². The molecule has 0 N–H and O–H groups in total. The molecule has 9 heteroatoms. The van der Waals surface area contributed by atoms with Gasteiger partial charge >= 0.3 is 0 Å². The van der Waals surface area contributed by atoms with Crippen LogP contribution in [0.4, 0.5) is 5.13 Å². The number of fused-ring (bicyclic) bond motifs is 1. The van der Waals surface area contributed by atoms with E-state index >= 15 is 0 Å². The van der Waals surface area contributed by atoms with Crippen LogP contribution < -0.4 is 14.4 Å². The van der Waals surface area contributed by atoms with Crippen LogP contribution in [-0.2, 0) is 4.74 Å². The molecule has 0 aliphatic carbocycles. The molecule has 30 heavy (non-hydrogen) atoms. The highest BCUT2D eigenvalue weighted by molar-refractivity contribution is 7.22. The summed E-state index contributed by atoms with van der Waals surface area (Å²) < 4.78 is 17.5. The molecule has 1 saturated heterocycles. The van der Waals surface area contributed by atoms with Crippen molar-refractivity contribution in [2.24, 2.45) is 0 Å². The van der Waals surface area contributed by atoms with E-state index in [4.69, 9.17) is 42.4 Å². The van der Waals surface area contributed by atoms with E-state index in [1.54, 1.807) is 43.4 Å². The van der Waals surface area contributed by atoms with Crippen LogP contribution in [0.3, 0.4) is 0 Å². The van der Waals surface area contributed by atoms with Crippen molar-refractivity contribution < 1.29 is 19.0 Å². The Hall–Kier alpha value is -2.06. The van der Waals surface area contributed by atoms with Crippen molar-refractivity contribution in [2.75, 3.05) is 32.3 Å². The van der Waals surface area contributed by atoms with Gasteiger partial charge in [-0.2, -0.15) is 0 Å². The molecule has 4 rings (SSSR count). The van der Waals surface area contributed by atoms with Gasteiger partial charge in [0.25, 0.3) is 5.91 Å². The van der Waals surface area contributed by atoms with Crippen molar-refractivity contribution in [3.8, 4) is 11.5 Å². The number of methoxy groups -OCH3 is 2. The third-order valence-corrected chi connectivity index (χ3v) is 6.42. The molecular weight excluding hydrogens is 447 g/mol. The molecule has 2 aromatic carbocycles. The van der Waals surface area contributed by atoms with E-state index in [2.05, 4.69) is 0 Å². The number of nitrogens with zero attached hydrogens (tertiary/aromatic N) is 2. The Balaban J connectivity index is 1.80. The molecule has 6 nitrogen and oxygen atoms in total. The zero-order valence-electron chi connectivity index (χ0n) is 16.5. The Kier molecular flexibility index (Phi) is 6.34. The van der Waals surface area contributed by atoms with Crippen LogP contribution in [0.2, 0.25) is 10.0 Å². The zero-order chi connectivity index (χ0) is 21.3. The topological polar surface area (TPSA) is 60.9 Å². The first-order valence-electron chi connectivity index (χ1n) is 9.41. The van der Waals surface area contributed by atoms with Gasteiger partial charge < -0.3 is 14.2 Å². The lowest BCUT2D eigenvalue weighted by Crippen LogP contribution is -2.37. The smallest absolute Gasteiger partial charge is 0.260 e. The second-order valence-corrected chi connectivity index (χ2v) is 8.70. The van der Waals surface area contributed by atoms with Gasteiger partial charge in [-0.1, -0.05) is 34.5 Å². The molecule has 0 saturated carbocycles. The maximum atomic E-state index is 13.5. The highest BCUT2D eigenvalue weighted by Gasteiger charge is 2.28. The second-order valence-electron chi connectivity index (χ2n) is 6.85. The van der Waals surface area contributed by atoms with Crippen LogP contribution in [0.25, 0.3) is 10.2 Å². The van der Waals surface area contributed by atoms with E-state index in [0.717, 1.165) is 17.5 Å². The maximum absolute atomic E-state index is 13.5. The summed E-state index contributed by atoms with van der Waals surface area (Å²) in [4.78, 5) is 19.8. The highest BCUT2D eigenvalue weighted by atomic mass is 35.5. The van der Waals surface area contributed by atoms with Gasteiger partial charge in [0.2, 0.25) is 0 Å². The number of rotatable bonds is 6. The lowest BCUT2D eigenvalue weighted by molar-refractivity contribution is 0.0917. The highest BCUT2D eigenvalue weighted by Crippen LogP contribution is 2.40. The molecule has 1 aromatic heterocycles. The number of carbonyl (C=O) groups excluding carboxylic acids is 1. The van der Waals surface area contributed by atoms with Crippen molar-refractivity contribution in [1.29, 1.82) is 0 Å². The monoisotopic (exact) mass is 466 g/mol. The standard InChI is InChI=1S/C21H20Cl2N2O4S/c1-27-16-5-6-17(28-2)19-18(16)24-21(30-19)25(11-15-4-3-7-29-15)20(26)12-8-13(22)10-14(23)9-12/h5-6,8-10,15H,3-4,7,11H2,1-2H3. The minimum atomic E-state index is -0.244. The quantitative estimate of drug-likeness (QED) is 0.483. The molecule has 0 bridgehead atoms. The zero-order valence-corrected chi connectivity index (χ0v) is 18.8. The fraction of sp³-hybridized carbons (Fsp3) is 0.333. The number of thiazole rings is 1. The van der Waals surface area contributed by atoms with Crippen molar-refractivity contribution in [3.63, 3.8) is 0 Å². The molecule has 1 aliphatic heterocycles. The van der Waals surface area contributed by atoms with Crippen LogP contribution in [0.1, 0.15) is 23.2 Å². The third kappa shape index (κ3) is 4.21. The van der Waals surface area contributed by atoms with Crippen LogP contribution >= 0.6 is 34.5 Å². The van der Waals surface area contributed by atoms with Gasteiger partial charge in [0.05, 0.1) is 26.9 Å². The summed E-state index contributed by atoms with van der Waals surface area (Å²) in [5.74, 6) is 1.04. The Morgan fingerprint density at radius 1 is 1.20 bits per heavy atom. The lowest BCUT2D eigenvalue weighted by Gasteiger charge is -2.23. The Bertz CT molecular complexity index is 1020. The van der Waals surface area contributed by atoms with Gasteiger partial charge in [0, 0.05) is 22.2 Å². The number of aromatic nitrogens is 1. The van der Waals surface area contributed by atoms with Gasteiger partial charge in [-0.15, -0.1) is 0 Å². The molecule has 3 aromatic rings. The molecule has 2 heterocycles. The van der Waals surface area contributed by atoms with Crippen LogP contribution in [0, 0.1) is 0 Å². The van der Waals surface area contributed by atoms with Crippen LogP contribution in [0.15, 0.2) is 30.3 Å². The average Bonchev–Trinajstić information content (AvgIpc) is 3.39. The number of amides is 1. The molecule has 1 aliphatic rings. The van der Waals surface area contributed by atoms with Gasteiger partial charge in [0.15, 0.2) is 5.13 Å². The van der Waals surface area contributed by atoms with E-state index in [1.165, 1.54) is 11.3 Å². The molecule has 1 fully saturated rings. The molecule has 158 valence electrons. The van der Waals surface area contributed by atoms with Crippen molar-refractivity contribution >= 4 is 55.8 Å². The normalized spacial score (nSPS) is 16.1. The average molecular weight is 467 g/mol. The predicted octanol–water partition coefficient (Wildman–Crippen LogP) is 5.45. The molecular formula is C21H20Cl2N2O4S. The number of hydrogen-bond donors (Lipinski definition) is 0. The Morgan fingerprint density at radius 2 is 1.90 bits per heavy atom. The van der Waals surface area contributed by atoms with Gasteiger partial charge in [0.1, 0.15) is 21.7 Å². The van der Waals surface area contributed by atoms with Crippen molar-refractivity contribution in [2.45, 2.75) is 18.9 Å². The summed E-state index contributed by atoms with van der Waals surface area (Å²) in [6.45, 7) is 1.07. The van der Waals surface area contributed by atoms with Gasteiger partial charge in [-0.05, 0) is 43.2 Å². The third-order valence-electron chi connectivity index (χ3n) is 4.89. The minimum Gasteiger partial charge on any atom is -0.495 e. The van der Waals surface area contributed by atoms with Crippen molar-refractivity contribution in [1.82, 2.24) is 4.98 Å². The van der Waals surface area contributed by atoms with E-state index < -0.39 is 0 Å². The molecule has 1 amide bonds. The number of halogens is 2. The van der Waals surface area contributed by atoms with Crippen LogP contribution in [-0.4, -0.2) is 44.4 Å². The summed E-state index contributed by atoms with van der Waals surface area (Å²) in [6, 6.07) is 8.43. The molecule has 0 spiro atoms. The van der Waals surface area contributed by atoms with E-state index in [-0.39, 0.29) is 12.0 Å². The molecule has 1 unspecified atom stereocenters. The number of anilines is 1. The summed E-state index contributed by atoms with van der Waals surface area (Å²) in [6.07, 6.45) is 1.80. The minimum absolute atomic E-state index is 0.0561. The number of ether oxygens (including phenoxy) is 3. The van der Waals surface area contributed by atoms with Gasteiger partial charge in [-0.25, -0.2) is 4.98 Å². The SMILES string of the molecule is COc1ccc(OC)c2sc(N(CC3CCCO3)C(=O)c3cc(Cl)cc(Cl)c3)nc12. The summed E-state index contributed by atoms with van der Waals surface area (Å²) in [7, 11) is 3.19. The summed E-state index contributed by atoms with van der Waals surface area (Å²) in [5.41, 5.74) is 1.04. The molecule has 1 atom stereocenters. The first kappa shape index (κ1) is 21.2. The molecule has 0 radical (unpaired) electrons. The second kappa shape index (κ2) is 8.98. The summed E-state index contributed by atoms with van der Waals surface area (Å²) >= 11 is 13.6. The largest absolute Gasteiger partial charge is 0.495 e. The maximum Gasteiger partial charge on any atom is 0.260 e. The number of hydrogen-bond acceptors (Lipinski definition) is 6. The van der Waals surface area contributed by atoms with Crippen LogP contribution in [0.5, 0.6) is 11.5 Å². The first-order valence-corrected chi connectivity index (χ1v) is 11.0. The fourth-order valence-electron chi connectivity index (χ4n) is 3.46. The predicted molar refractivity (Wildman–Crippen MR) is 120 cm³/mol. The summed E-state index contributed by atoms with van der Waals surface area (Å²) in [5, 5.41) is 1.33. The Morgan fingerprint density at radius 3 is 2.53 bits per heavy atom. The number of benzene rings is 2. The number of carbonyl (C=O) groups is 1. The lowest BCUT2D eigenvalue weighted by atomic mass is 10.1.